The molecule has 0 spiro atoms. The van der Waals surface area contributed by atoms with Crippen LogP contribution in [0.15, 0.2) is 18.2 Å². The summed E-state index contributed by atoms with van der Waals surface area (Å²) in [6.07, 6.45) is 2.67. The van der Waals surface area contributed by atoms with Gasteiger partial charge in [-0.05, 0) is 25.0 Å². The number of benzene rings is 1. The molecule has 0 heterocycles. The molecule has 3 nitrogen and oxygen atoms in total. The summed E-state index contributed by atoms with van der Waals surface area (Å²) in [4.78, 5) is 11.9. The van der Waals surface area contributed by atoms with E-state index in [1.807, 2.05) is 0 Å². The van der Waals surface area contributed by atoms with Gasteiger partial charge in [0, 0.05) is 18.6 Å². The first-order chi connectivity index (χ1) is 8.63. The largest absolute Gasteiger partial charge is 0.396 e. The van der Waals surface area contributed by atoms with Crippen molar-refractivity contribution in [2.75, 3.05) is 6.61 Å². The normalized spacial score (nSPS) is 23.1. The molecule has 0 saturated heterocycles. The highest BCUT2D eigenvalue weighted by molar-refractivity contribution is 6.31. The molecule has 0 aliphatic heterocycles. The van der Waals surface area contributed by atoms with Gasteiger partial charge >= 0.3 is 0 Å². The van der Waals surface area contributed by atoms with Crippen molar-refractivity contribution < 1.29 is 14.3 Å². The quantitative estimate of drug-likeness (QED) is 0.887. The fourth-order valence-corrected chi connectivity index (χ4v) is 2.55. The van der Waals surface area contributed by atoms with E-state index in [4.69, 9.17) is 11.6 Å². The monoisotopic (exact) mass is 271 g/mol. The van der Waals surface area contributed by atoms with Gasteiger partial charge < -0.3 is 10.4 Å². The van der Waals surface area contributed by atoms with Crippen LogP contribution < -0.4 is 5.32 Å². The second kappa shape index (κ2) is 5.67. The van der Waals surface area contributed by atoms with Gasteiger partial charge in [-0.25, -0.2) is 4.39 Å². The van der Waals surface area contributed by atoms with Crippen LogP contribution in [-0.2, 0) is 0 Å². The number of rotatable bonds is 3. The fourth-order valence-electron chi connectivity index (χ4n) is 2.37. The molecule has 1 aliphatic carbocycles. The number of aliphatic hydroxyl groups is 1. The van der Waals surface area contributed by atoms with Crippen molar-refractivity contribution in [2.24, 2.45) is 5.92 Å². The molecule has 18 heavy (non-hydrogen) atoms. The van der Waals surface area contributed by atoms with Crippen LogP contribution in [0.25, 0.3) is 0 Å². The van der Waals surface area contributed by atoms with E-state index in [1.54, 1.807) is 6.07 Å². The molecule has 1 amide bonds. The number of carbonyl (C=O) groups is 1. The number of nitrogens with one attached hydrogen (secondary N) is 1. The van der Waals surface area contributed by atoms with Crippen LogP contribution >= 0.6 is 11.6 Å². The molecular formula is C13H15ClFNO2. The van der Waals surface area contributed by atoms with Gasteiger partial charge in [-0.2, -0.15) is 0 Å². The number of hydrogen-bond donors (Lipinski definition) is 2. The Morgan fingerprint density at radius 2 is 2.28 bits per heavy atom. The van der Waals surface area contributed by atoms with Crippen molar-refractivity contribution in [1.82, 2.24) is 5.32 Å². The molecule has 1 fully saturated rings. The van der Waals surface area contributed by atoms with Gasteiger partial charge in [0.2, 0.25) is 0 Å². The van der Waals surface area contributed by atoms with Crippen LogP contribution in [-0.4, -0.2) is 23.7 Å². The molecule has 2 atom stereocenters. The molecule has 0 bridgehead atoms. The lowest BCUT2D eigenvalue weighted by molar-refractivity contribution is 0.0912. The Hall–Kier alpha value is -1.13. The summed E-state index contributed by atoms with van der Waals surface area (Å²) < 4.78 is 13.7. The van der Waals surface area contributed by atoms with Crippen LogP contribution in [0.4, 0.5) is 4.39 Å². The number of hydrogen-bond acceptors (Lipinski definition) is 2. The minimum absolute atomic E-state index is 0.0446. The molecule has 1 aliphatic rings. The number of halogens is 2. The first-order valence-corrected chi connectivity index (χ1v) is 6.37. The maximum absolute atomic E-state index is 13.7. The zero-order chi connectivity index (χ0) is 13.1. The van der Waals surface area contributed by atoms with Crippen molar-refractivity contribution in [3.63, 3.8) is 0 Å². The summed E-state index contributed by atoms with van der Waals surface area (Å²) in [6, 6.07) is 4.26. The molecule has 0 aromatic heterocycles. The third-order valence-electron chi connectivity index (χ3n) is 3.41. The molecule has 2 rings (SSSR count). The zero-order valence-electron chi connectivity index (χ0n) is 9.83. The molecular weight excluding hydrogens is 257 g/mol. The first-order valence-electron chi connectivity index (χ1n) is 5.99. The molecule has 98 valence electrons. The molecule has 1 saturated carbocycles. The number of aliphatic hydroxyl groups excluding tert-OH is 1. The van der Waals surface area contributed by atoms with Crippen molar-refractivity contribution >= 4 is 17.5 Å². The minimum atomic E-state index is -0.699. The van der Waals surface area contributed by atoms with Crippen molar-refractivity contribution in [2.45, 2.75) is 25.3 Å². The minimum Gasteiger partial charge on any atom is -0.396 e. The lowest BCUT2D eigenvalue weighted by Crippen LogP contribution is -2.38. The van der Waals surface area contributed by atoms with Crippen LogP contribution in [0.3, 0.4) is 0 Å². The van der Waals surface area contributed by atoms with Gasteiger partial charge in [-0.15, -0.1) is 0 Å². The summed E-state index contributed by atoms with van der Waals surface area (Å²) >= 11 is 5.64. The Kier molecular flexibility index (Phi) is 4.19. The number of carbonyl (C=O) groups excluding carboxylic acids is 1. The van der Waals surface area contributed by atoms with E-state index in [-0.39, 0.29) is 29.2 Å². The molecule has 5 heteroatoms. The maximum Gasteiger partial charge on any atom is 0.254 e. The van der Waals surface area contributed by atoms with E-state index in [1.165, 1.54) is 12.1 Å². The third-order valence-corrected chi connectivity index (χ3v) is 3.70. The maximum atomic E-state index is 13.7. The Morgan fingerprint density at radius 3 is 3.00 bits per heavy atom. The smallest absolute Gasteiger partial charge is 0.254 e. The Morgan fingerprint density at radius 1 is 1.50 bits per heavy atom. The third kappa shape index (κ3) is 2.65. The van der Waals surface area contributed by atoms with E-state index < -0.39 is 11.7 Å². The van der Waals surface area contributed by atoms with Gasteiger partial charge in [0.25, 0.3) is 5.91 Å². The zero-order valence-corrected chi connectivity index (χ0v) is 10.6. The predicted molar refractivity (Wildman–Crippen MR) is 67.1 cm³/mol. The summed E-state index contributed by atoms with van der Waals surface area (Å²) in [5.41, 5.74) is -0.0499. The van der Waals surface area contributed by atoms with E-state index in [2.05, 4.69) is 5.32 Å². The second-order valence-electron chi connectivity index (χ2n) is 4.55. The topological polar surface area (TPSA) is 49.3 Å². The average molecular weight is 272 g/mol. The van der Waals surface area contributed by atoms with Crippen molar-refractivity contribution in [1.29, 1.82) is 0 Å². The van der Waals surface area contributed by atoms with Gasteiger partial charge in [0.1, 0.15) is 0 Å². The standard InChI is InChI=1S/C13H15ClFNO2/c14-10-5-2-4-9(12(10)15)13(18)16-11-6-1-3-8(11)7-17/h2,4-5,8,11,17H,1,3,6-7H2,(H,16,18). The van der Waals surface area contributed by atoms with Crippen LogP contribution in [0, 0.1) is 11.7 Å². The second-order valence-corrected chi connectivity index (χ2v) is 4.96. The van der Waals surface area contributed by atoms with Crippen LogP contribution in [0.1, 0.15) is 29.6 Å². The predicted octanol–water partition coefficient (Wildman–Crippen LogP) is 2.37. The van der Waals surface area contributed by atoms with E-state index in [0.717, 1.165) is 19.3 Å². The van der Waals surface area contributed by atoms with E-state index >= 15 is 0 Å². The summed E-state index contributed by atoms with van der Waals surface area (Å²) in [7, 11) is 0. The molecule has 1 aromatic carbocycles. The fraction of sp³-hybridized carbons (Fsp3) is 0.462. The van der Waals surface area contributed by atoms with Crippen molar-refractivity contribution in [3.05, 3.63) is 34.6 Å². The first kappa shape index (κ1) is 13.3. The molecule has 2 unspecified atom stereocenters. The Labute approximate surface area is 110 Å². The Bertz CT molecular complexity index is 453. The molecule has 0 radical (unpaired) electrons. The SMILES string of the molecule is O=C(NC1CCCC1CO)c1cccc(Cl)c1F. The van der Waals surface area contributed by atoms with Gasteiger partial charge in [-0.3, -0.25) is 4.79 Å². The summed E-state index contributed by atoms with van der Waals surface area (Å²) in [5.74, 6) is -1.10. The van der Waals surface area contributed by atoms with Crippen LogP contribution in [0.2, 0.25) is 5.02 Å². The highest BCUT2D eigenvalue weighted by Gasteiger charge is 2.28. The number of amides is 1. The molecule has 1 aromatic rings. The summed E-state index contributed by atoms with van der Waals surface area (Å²) in [5, 5.41) is 11.9. The lowest BCUT2D eigenvalue weighted by Gasteiger charge is -2.19. The van der Waals surface area contributed by atoms with E-state index in [0.29, 0.717) is 0 Å². The summed E-state index contributed by atoms with van der Waals surface area (Å²) in [6.45, 7) is 0.0446. The van der Waals surface area contributed by atoms with Gasteiger partial charge in [0.15, 0.2) is 5.82 Å². The van der Waals surface area contributed by atoms with E-state index in [9.17, 15) is 14.3 Å². The lowest BCUT2D eigenvalue weighted by atomic mass is 10.0. The average Bonchev–Trinajstić information content (AvgIpc) is 2.79. The highest BCUT2D eigenvalue weighted by Crippen LogP contribution is 2.26. The molecule has 2 N–H and O–H groups in total. The van der Waals surface area contributed by atoms with Gasteiger partial charge in [0.05, 0.1) is 10.6 Å². The van der Waals surface area contributed by atoms with Crippen molar-refractivity contribution in [3.8, 4) is 0 Å². The van der Waals surface area contributed by atoms with Gasteiger partial charge in [-0.1, -0.05) is 24.1 Å². The Balaban J connectivity index is 2.10. The van der Waals surface area contributed by atoms with Crippen LogP contribution in [0.5, 0.6) is 0 Å². The highest BCUT2D eigenvalue weighted by atomic mass is 35.5.